The highest BCUT2D eigenvalue weighted by molar-refractivity contribution is 4.71. The quantitative estimate of drug-likeness (QED) is 0.649. The Bertz CT molecular complexity index is 107. The molecule has 0 unspecified atom stereocenters. The molecule has 1 saturated heterocycles. The summed E-state index contributed by atoms with van der Waals surface area (Å²) in [6.07, 6.45) is 0. The summed E-state index contributed by atoms with van der Waals surface area (Å²) >= 11 is 0. The molecule has 3 heteroatoms. The molecule has 1 fully saturated rings. The first-order valence-electron chi connectivity index (χ1n) is 5.20. The molecule has 1 heterocycles. The predicted molar refractivity (Wildman–Crippen MR) is 56.9 cm³/mol. The molecule has 0 aliphatic carbocycles. The highest BCUT2D eigenvalue weighted by Gasteiger charge is 2.17. The summed E-state index contributed by atoms with van der Waals surface area (Å²) in [5.41, 5.74) is 0. The van der Waals surface area contributed by atoms with Crippen LogP contribution in [0.15, 0.2) is 0 Å². The van der Waals surface area contributed by atoms with Crippen molar-refractivity contribution in [2.45, 2.75) is 13.8 Å². The van der Waals surface area contributed by atoms with Gasteiger partial charge in [-0.1, -0.05) is 13.8 Å². The minimum absolute atomic E-state index is 0.314. The van der Waals surface area contributed by atoms with Gasteiger partial charge in [-0.15, -0.1) is 0 Å². The molecule has 0 aromatic carbocycles. The maximum absolute atomic E-state index is 9.00. The second kappa shape index (κ2) is 7.30. The number of hydrogen-bond acceptors (Lipinski definition) is 3. The molecular weight excluding hydrogens is 164 g/mol. The molecule has 0 amide bonds. The number of hydrogen-bond donors (Lipinski definition) is 1. The fourth-order valence-corrected chi connectivity index (χ4v) is 1.58. The average Bonchev–Trinajstić information content (AvgIpc) is 2.31. The van der Waals surface area contributed by atoms with E-state index >= 15 is 0 Å². The Kier molecular flexibility index (Phi) is 7.23. The van der Waals surface area contributed by atoms with Crippen LogP contribution in [0, 0.1) is 5.92 Å². The third-order valence-electron chi connectivity index (χ3n) is 2.26. The van der Waals surface area contributed by atoms with E-state index in [1.165, 1.54) is 0 Å². The van der Waals surface area contributed by atoms with Crippen molar-refractivity contribution in [1.82, 2.24) is 9.80 Å². The van der Waals surface area contributed by atoms with Crippen molar-refractivity contribution in [1.29, 1.82) is 0 Å². The van der Waals surface area contributed by atoms with Crippen LogP contribution in [-0.2, 0) is 0 Å². The van der Waals surface area contributed by atoms with Crippen LogP contribution in [0.3, 0.4) is 0 Å². The molecule has 0 atom stereocenters. The molecule has 0 radical (unpaired) electrons. The zero-order valence-electron chi connectivity index (χ0n) is 9.45. The van der Waals surface area contributed by atoms with Gasteiger partial charge in [-0.25, -0.2) is 0 Å². The molecule has 0 spiro atoms. The van der Waals surface area contributed by atoms with Crippen LogP contribution >= 0.6 is 0 Å². The Hall–Kier alpha value is -0.120. The van der Waals surface area contributed by atoms with Gasteiger partial charge >= 0.3 is 0 Å². The van der Waals surface area contributed by atoms with Gasteiger partial charge in [-0.2, -0.15) is 0 Å². The summed E-state index contributed by atoms with van der Waals surface area (Å²) in [5.74, 6) is 0.437. The maximum Gasteiger partial charge on any atom is 0.0483 e. The highest BCUT2D eigenvalue weighted by atomic mass is 16.3. The largest absolute Gasteiger partial charge is 0.396 e. The Morgan fingerprint density at radius 2 is 1.46 bits per heavy atom. The third-order valence-corrected chi connectivity index (χ3v) is 2.26. The highest BCUT2D eigenvalue weighted by Crippen LogP contribution is 2.05. The second-order valence-electron chi connectivity index (χ2n) is 3.57. The summed E-state index contributed by atoms with van der Waals surface area (Å²) in [6.45, 7) is 8.61. The van der Waals surface area contributed by atoms with Gasteiger partial charge in [0.2, 0.25) is 0 Å². The second-order valence-corrected chi connectivity index (χ2v) is 3.57. The fourth-order valence-electron chi connectivity index (χ4n) is 1.58. The topological polar surface area (TPSA) is 26.7 Å². The van der Waals surface area contributed by atoms with Crippen LogP contribution in [0.5, 0.6) is 0 Å². The summed E-state index contributed by atoms with van der Waals surface area (Å²) in [7, 11) is 4.23. The van der Waals surface area contributed by atoms with Crippen molar-refractivity contribution < 1.29 is 5.11 Å². The zero-order valence-corrected chi connectivity index (χ0v) is 9.45. The molecule has 0 saturated carbocycles. The molecule has 13 heavy (non-hydrogen) atoms. The lowest BCUT2D eigenvalue weighted by molar-refractivity contribution is 0.180. The van der Waals surface area contributed by atoms with E-state index in [2.05, 4.69) is 23.9 Å². The lowest BCUT2D eigenvalue weighted by atomic mass is 10.1. The van der Waals surface area contributed by atoms with Crippen LogP contribution in [0.4, 0.5) is 0 Å². The van der Waals surface area contributed by atoms with Crippen LogP contribution in [0.1, 0.15) is 13.8 Å². The van der Waals surface area contributed by atoms with E-state index in [1.807, 2.05) is 13.8 Å². The van der Waals surface area contributed by atoms with Gasteiger partial charge < -0.3 is 14.9 Å². The first kappa shape index (κ1) is 12.9. The normalized spacial score (nSPS) is 21.9. The molecule has 1 rings (SSSR count). The van der Waals surface area contributed by atoms with E-state index in [1.54, 1.807) is 0 Å². The molecule has 3 nitrogen and oxygen atoms in total. The van der Waals surface area contributed by atoms with E-state index in [-0.39, 0.29) is 0 Å². The standard InChI is InChI=1S/C8H18N2O.C2H6/c1-9-3-4-10(2)6-8(5-9)7-11;1-2/h8,11H,3-7H2,1-2H3;1-2H3. The Balaban J connectivity index is 0.000000671. The number of likely N-dealkylation sites (N-methyl/N-ethyl adjacent to an activating group) is 2. The number of aliphatic hydroxyl groups is 1. The molecular formula is C10H24N2O. The fraction of sp³-hybridized carbons (Fsp3) is 1.00. The van der Waals surface area contributed by atoms with Crippen molar-refractivity contribution in [2.24, 2.45) is 5.92 Å². The minimum Gasteiger partial charge on any atom is -0.396 e. The SMILES string of the molecule is CC.CN1CCN(C)CC(CO)C1. The molecule has 80 valence electrons. The Labute approximate surface area is 82.3 Å². The summed E-state index contributed by atoms with van der Waals surface area (Å²) in [5, 5.41) is 9.00. The van der Waals surface area contributed by atoms with Crippen molar-refractivity contribution >= 4 is 0 Å². The van der Waals surface area contributed by atoms with Crippen LogP contribution in [-0.4, -0.2) is 61.8 Å². The number of nitrogens with zero attached hydrogens (tertiary/aromatic N) is 2. The molecule has 1 aliphatic heterocycles. The van der Waals surface area contributed by atoms with E-state index < -0.39 is 0 Å². The Morgan fingerprint density at radius 3 is 1.77 bits per heavy atom. The third kappa shape index (κ3) is 5.24. The predicted octanol–water partition coefficient (Wildman–Crippen LogP) is 0.498. The van der Waals surface area contributed by atoms with Gasteiger partial charge in [0, 0.05) is 38.7 Å². The first-order valence-corrected chi connectivity index (χ1v) is 5.20. The van der Waals surface area contributed by atoms with Crippen LogP contribution in [0.25, 0.3) is 0 Å². The minimum atomic E-state index is 0.314. The summed E-state index contributed by atoms with van der Waals surface area (Å²) < 4.78 is 0. The molecule has 1 aliphatic rings. The smallest absolute Gasteiger partial charge is 0.0483 e. The van der Waals surface area contributed by atoms with Gasteiger partial charge in [-0.05, 0) is 14.1 Å². The molecule has 0 aromatic rings. The first-order chi connectivity index (χ1) is 6.22. The lowest BCUT2D eigenvalue weighted by Crippen LogP contribution is -2.28. The van der Waals surface area contributed by atoms with E-state index in [4.69, 9.17) is 5.11 Å². The Morgan fingerprint density at radius 1 is 1.08 bits per heavy atom. The van der Waals surface area contributed by atoms with E-state index in [0.717, 1.165) is 26.2 Å². The summed E-state index contributed by atoms with van der Waals surface area (Å²) in [4.78, 5) is 4.56. The van der Waals surface area contributed by atoms with Gasteiger partial charge in [0.25, 0.3) is 0 Å². The van der Waals surface area contributed by atoms with Crippen LogP contribution < -0.4 is 0 Å². The lowest BCUT2D eigenvalue weighted by Gasteiger charge is -2.17. The van der Waals surface area contributed by atoms with Crippen molar-refractivity contribution in [3.05, 3.63) is 0 Å². The van der Waals surface area contributed by atoms with Gasteiger partial charge in [0.1, 0.15) is 0 Å². The van der Waals surface area contributed by atoms with Crippen LogP contribution in [0.2, 0.25) is 0 Å². The van der Waals surface area contributed by atoms with E-state index in [0.29, 0.717) is 12.5 Å². The summed E-state index contributed by atoms with van der Waals surface area (Å²) in [6, 6.07) is 0. The van der Waals surface area contributed by atoms with Crippen molar-refractivity contribution in [3.63, 3.8) is 0 Å². The van der Waals surface area contributed by atoms with Gasteiger partial charge in [0.05, 0.1) is 0 Å². The monoisotopic (exact) mass is 188 g/mol. The number of rotatable bonds is 1. The average molecular weight is 188 g/mol. The van der Waals surface area contributed by atoms with Gasteiger partial charge in [0.15, 0.2) is 0 Å². The molecule has 0 aromatic heterocycles. The maximum atomic E-state index is 9.00. The van der Waals surface area contributed by atoms with Gasteiger partial charge in [-0.3, -0.25) is 0 Å². The van der Waals surface area contributed by atoms with Crippen molar-refractivity contribution in [3.8, 4) is 0 Å². The molecule has 1 N–H and O–H groups in total. The molecule has 0 bridgehead atoms. The van der Waals surface area contributed by atoms with E-state index in [9.17, 15) is 0 Å². The zero-order chi connectivity index (χ0) is 10.3. The number of aliphatic hydroxyl groups excluding tert-OH is 1. The van der Waals surface area contributed by atoms with Crippen molar-refractivity contribution in [2.75, 3.05) is 46.9 Å².